The summed E-state index contributed by atoms with van der Waals surface area (Å²) in [4.78, 5) is 0. The van der Waals surface area contributed by atoms with E-state index in [1.807, 2.05) is 30.3 Å². The van der Waals surface area contributed by atoms with Gasteiger partial charge in [-0.2, -0.15) is 18.2 Å². The Bertz CT molecular complexity index is 298. The van der Waals surface area contributed by atoms with E-state index >= 15 is 0 Å². The molecule has 1 aromatic rings. The van der Waals surface area contributed by atoms with E-state index in [2.05, 4.69) is 24.6 Å². The average molecular weight is 392 g/mol. The fourth-order valence-electron chi connectivity index (χ4n) is 1.99. The molecule has 0 heterocycles. The van der Waals surface area contributed by atoms with E-state index in [0.717, 1.165) is 5.92 Å². The van der Waals surface area contributed by atoms with Gasteiger partial charge in [-0.25, -0.2) is 30.2 Å². The van der Waals surface area contributed by atoms with Crippen molar-refractivity contribution in [2.24, 2.45) is 5.92 Å². The number of allylic oxidation sites excluding steroid dienone is 4. The van der Waals surface area contributed by atoms with Crippen molar-refractivity contribution in [1.82, 2.24) is 0 Å². The summed E-state index contributed by atoms with van der Waals surface area (Å²) in [5, 5.41) is 0. The molecule has 2 aliphatic carbocycles. The van der Waals surface area contributed by atoms with Crippen LogP contribution in [0.1, 0.15) is 19.3 Å². The maximum Gasteiger partial charge on any atom is 4.00 e. The topological polar surface area (TPSA) is 0 Å². The minimum atomic E-state index is 0. The van der Waals surface area contributed by atoms with Gasteiger partial charge < -0.3 is 34.0 Å². The minimum Gasteiger partial charge on any atom is -1.00 e. The number of rotatable bonds is 0. The molecule has 90 valence electrons. The molecule has 0 nitrogen and oxygen atoms in total. The first-order valence-electron chi connectivity index (χ1n) is 5.33. The molecule has 3 rings (SSSR count). The Hall–Kier alpha value is 0.374. The SMILES string of the molecule is C1=CCC2CC[CH-]C2=C1.[Br-].[Br-].[Ti+4].c1cc[cH-]c1. The van der Waals surface area contributed by atoms with Crippen molar-refractivity contribution in [3.63, 3.8) is 0 Å². The third-order valence-electron chi connectivity index (χ3n) is 2.77. The molecule has 1 fully saturated rings. The number of halogens is 2. The number of fused-ring (bicyclic) bond motifs is 1. The molecule has 1 aromatic carbocycles. The molecule has 0 radical (unpaired) electrons. The Morgan fingerprint density at radius 2 is 1.82 bits per heavy atom. The first-order valence-corrected chi connectivity index (χ1v) is 5.33. The summed E-state index contributed by atoms with van der Waals surface area (Å²) < 4.78 is 0. The van der Waals surface area contributed by atoms with E-state index in [9.17, 15) is 0 Å². The molecule has 0 bridgehead atoms. The van der Waals surface area contributed by atoms with E-state index in [1.54, 1.807) is 5.57 Å². The van der Waals surface area contributed by atoms with E-state index in [0.29, 0.717) is 0 Å². The second kappa shape index (κ2) is 11.5. The Kier molecular flexibility index (Phi) is 13.3. The normalized spacial score (nSPS) is 18.8. The molecule has 1 unspecified atom stereocenters. The largest absolute Gasteiger partial charge is 4.00 e. The van der Waals surface area contributed by atoms with Gasteiger partial charge in [0.15, 0.2) is 0 Å². The molecule has 1 atom stereocenters. The van der Waals surface area contributed by atoms with Crippen molar-refractivity contribution < 1.29 is 55.7 Å². The standard InChI is InChI=1S/C9H11.C5H5.2BrH.Ti/c1-2-5-9-7-3-6-8(9)4-1;1-2-4-5-3-1;;;/h1-2,4,6,9H,3,5,7H2;1-5H;2*1H;/q2*-1;;;+4/p-2. The molecule has 0 N–H and O–H groups in total. The van der Waals surface area contributed by atoms with Gasteiger partial charge in [0.2, 0.25) is 0 Å². The van der Waals surface area contributed by atoms with Crippen molar-refractivity contribution >= 4 is 0 Å². The first-order chi connectivity index (χ1) is 6.97. The molecule has 0 aliphatic heterocycles. The van der Waals surface area contributed by atoms with Gasteiger partial charge in [0.05, 0.1) is 0 Å². The molecule has 17 heavy (non-hydrogen) atoms. The summed E-state index contributed by atoms with van der Waals surface area (Å²) in [5.41, 5.74) is 1.58. The van der Waals surface area contributed by atoms with Gasteiger partial charge in [0.25, 0.3) is 0 Å². The summed E-state index contributed by atoms with van der Waals surface area (Å²) in [6, 6.07) is 10.0. The van der Waals surface area contributed by atoms with Gasteiger partial charge in [-0.05, 0) is 12.3 Å². The number of hydrogen-bond donors (Lipinski definition) is 0. The molecule has 0 saturated heterocycles. The Labute approximate surface area is 140 Å². The van der Waals surface area contributed by atoms with Gasteiger partial charge in [-0.3, -0.25) is 0 Å². The molecule has 0 amide bonds. The van der Waals surface area contributed by atoms with Crippen LogP contribution in [0.2, 0.25) is 0 Å². The maximum atomic E-state index is 2.37. The van der Waals surface area contributed by atoms with Crippen LogP contribution >= 0.6 is 0 Å². The zero-order valence-electron chi connectivity index (χ0n) is 9.65. The third-order valence-corrected chi connectivity index (χ3v) is 2.77. The van der Waals surface area contributed by atoms with Gasteiger partial charge in [0, 0.05) is 0 Å². The van der Waals surface area contributed by atoms with Crippen LogP contribution in [-0.4, -0.2) is 0 Å². The van der Waals surface area contributed by atoms with E-state index < -0.39 is 0 Å². The van der Waals surface area contributed by atoms with Crippen molar-refractivity contribution in [1.29, 1.82) is 0 Å². The van der Waals surface area contributed by atoms with Crippen LogP contribution in [0.4, 0.5) is 0 Å². The smallest absolute Gasteiger partial charge is 1.00 e. The van der Waals surface area contributed by atoms with Crippen LogP contribution in [0.3, 0.4) is 0 Å². The molecule has 1 saturated carbocycles. The molecule has 0 spiro atoms. The van der Waals surface area contributed by atoms with Crippen LogP contribution in [0.25, 0.3) is 0 Å². The molecule has 0 aromatic heterocycles. The predicted molar refractivity (Wildman–Crippen MR) is 60.9 cm³/mol. The summed E-state index contributed by atoms with van der Waals surface area (Å²) in [5.74, 6) is 0.884. The fourth-order valence-corrected chi connectivity index (χ4v) is 1.99. The van der Waals surface area contributed by atoms with E-state index in [-0.39, 0.29) is 55.7 Å². The third kappa shape index (κ3) is 6.76. The van der Waals surface area contributed by atoms with Gasteiger partial charge in [-0.15, -0.1) is 18.6 Å². The van der Waals surface area contributed by atoms with Crippen LogP contribution in [0.5, 0.6) is 0 Å². The van der Waals surface area contributed by atoms with Crippen LogP contribution in [-0.2, 0) is 21.7 Å². The Morgan fingerprint density at radius 1 is 1.12 bits per heavy atom. The molecule has 3 heteroatoms. The maximum absolute atomic E-state index is 2.37. The van der Waals surface area contributed by atoms with Gasteiger partial charge in [0.1, 0.15) is 0 Å². The average Bonchev–Trinajstić information content (AvgIpc) is 2.92. The molecule has 2 aliphatic rings. The van der Waals surface area contributed by atoms with E-state index in [4.69, 9.17) is 0 Å². The van der Waals surface area contributed by atoms with Crippen LogP contribution in [0.15, 0.2) is 54.1 Å². The van der Waals surface area contributed by atoms with Crippen LogP contribution < -0.4 is 34.0 Å². The zero-order valence-corrected chi connectivity index (χ0v) is 14.4. The van der Waals surface area contributed by atoms with Gasteiger partial charge in [-0.1, -0.05) is 6.42 Å². The minimum absolute atomic E-state index is 0. The van der Waals surface area contributed by atoms with Crippen molar-refractivity contribution in [2.75, 3.05) is 0 Å². The summed E-state index contributed by atoms with van der Waals surface area (Å²) >= 11 is 0. The van der Waals surface area contributed by atoms with E-state index in [1.165, 1.54) is 19.3 Å². The zero-order chi connectivity index (χ0) is 9.64. The second-order valence-electron chi connectivity index (χ2n) is 3.77. The molecular formula is C14H16Br2Ti. The van der Waals surface area contributed by atoms with Gasteiger partial charge >= 0.3 is 21.7 Å². The predicted octanol–water partition coefficient (Wildman–Crippen LogP) is -2.10. The first kappa shape index (κ1) is 19.7. The summed E-state index contributed by atoms with van der Waals surface area (Å²) in [6.45, 7) is 0. The monoisotopic (exact) mass is 390 g/mol. The second-order valence-corrected chi connectivity index (χ2v) is 3.77. The Balaban J connectivity index is 0. The van der Waals surface area contributed by atoms with Crippen LogP contribution in [0, 0.1) is 12.3 Å². The van der Waals surface area contributed by atoms with Crippen molar-refractivity contribution in [3.05, 3.63) is 60.6 Å². The summed E-state index contributed by atoms with van der Waals surface area (Å²) in [7, 11) is 0. The van der Waals surface area contributed by atoms with Crippen molar-refractivity contribution in [2.45, 2.75) is 19.3 Å². The quantitative estimate of drug-likeness (QED) is 0.351. The molecular weight excluding hydrogens is 376 g/mol. The summed E-state index contributed by atoms with van der Waals surface area (Å²) in [6.07, 6.45) is 13.0. The van der Waals surface area contributed by atoms with Crippen molar-refractivity contribution in [3.8, 4) is 0 Å². The number of hydrogen-bond acceptors (Lipinski definition) is 0. The fraction of sp³-hybridized carbons (Fsp3) is 0.286. The Morgan fingerprint density at radius 3 is 2.35 bits per heavy atom.